The lowest BCUT2D eigenvalue weighted by molar-refractivity contribution is 0.129. The first kappa shape index (κ1) is 18.7. The molecule has 0 fully saturated rings. The molecule has 0 aromatic heterocycles. The summed E-state index contributed by atoms with van der Waals surface area (Å²) in [7, 11) is 0. The third kappa shape index (κ3) is 8.14. The zero-order valence-corrected chi connectivity index (χ0v) is 16.5. The predicted octanol–water partition coefficient (Wildman–Crippen LogP) is 5.80. The predicted molar refractivity (Wildman–Crippen MR) is 106 cm³/mol. The zero-order chi connectivity index (χ0) is 16.3. The molecule has 2 unspecified atom stereocenters. The van der Waals surface area contributed by atoms with Gasteiger partial charge < -0.3 is 4.74 Å². The van der Waals surface area contributed by atoms with Crippen LogP contribution < -0.4 is 0 Å². The van der Waals surface area contributed by atoms with Crippen molar-refractivity contribution < 1.29 is 4.74 Å². The van der Waals surface area contributed by atoms with Gasteiger partial charge in [-0.2, -0.15) is 0 Å². The van der Waals surface area contributed by atoms with Gasteiger partial charge in [0.15, 0.2) is 0 Å². The Labute approximate surface area is 156 Å². The highest BCUT2D eigenvalue weighted by atomic mass is 79.9. The first-order valence-electron chi connectivity index (χ1n) is 8.18. The van der Waals surface area contributed by atoms with Crippen LogP contribution in [-0.4, -0.2) is 22.9 Å². The lowest BCUT2D eigenvalue weighted by Crippen LogP contribution is -2.11. The topological polar surface area (TPSA) is 9.23 Å². The number of halogens is 2. The minimum absolute atomic E-state index is 0.481. The lowest BCUT2D eigenvalue weighted by Gasteiger charge is -2.12. The molecule has 3 heteroatoms. The van der Waals surface area contributed by atoms with Gasteiger partial charge in [0, 0.05) is 22.9 Å². The lowest BCUT2D eigenvalue weighted by atomic mass is 10.1. The van der Waals surface area contributed by atoms with Gasteiger partial charge in [0.25, 0.3) is 0 Å². The number of hydrogen-bond donors (Lipinski definition) is 0. The Balaban J connectivity index is 1.53. The van der Waals surface area contributed by atoms with Gasteiger partial charge in [-0.3, -0.25) is 0 Å². The van der Waals surface area contributed by atoms with Crippen LogP contribution in [0.1, 0.15) is 24.0 Å². The molecule has 0 N–H and O–H groups in total. The van der Waals surface area contributed by atoms with Crippen molar-refractivity contribution in [3.63, 3.8) is 0 Å². The van der Waals surface area contributed by atoms with Crippen molar-refractivity contribution in [3.8, 4) is 0 Å². The standard InChI is InChI=1S/C20H24Br2O/c21-19(15-17-7-3-1-4-8-17)11-13-23-14-12-20(22)16-18-9-5-2-6-10-18/h1-10,19-20H,11-16H2. The van der Waals surface area contributed by atoms with Crippen LogP contribution in [0.2, 0.25) is 0 Å². The molecule has 0 bridgehead atoms. The second-order valence-corrected chi connectivity index (χ2v) is 8.35. The van der Waals surface area contributed by atoms with Crippen LogP contribution in [0.25, 0.3) is 0 Å². The summed E-state index contributed by atoms with van der Waals surface area (Å²) in [4.78, 5) is 0.961. The third-order valence-electron chi connectivity index (χ3n) is 3.75. The minimum Gasteiger partial charge on any atom is -0.381 e. The van der Waals surface area contributed by atoms with E-state index in [9.17, 15) is 0 Å². The van der Waals surface area contributed by atoms with E-state index in [2.05, 4.69) is 92.5 Å². The summed E-state index contributed by atoms with van der Waals surface area (Å²) in [6, 6.07) is 21.2. The molecule has 2 aromatic carbocycles. The molecule has 0 aliphatic carbocycles. The number of hydrogen-bond acceptors (Lipinski definition) is 1. The van der Waals surface area contributed by atoms with Gasteiger partial charge in [-0.1, -0.05) is 92.5 Å². The van der Waals surface area contributed by atoms with Gasteiger partial charge in [0.2, 0.25) is 0 Å². The molecule has 2 aromatic rings. The molecule has 23 heavy (non-hydrogen) atoms. The molecule has 2 rings (SSSR count). The average Bonchev–Trinajstić information content (AvgIpc) is 2.56. The van der Waals surface area contributed by atoms with Crippen molar-refractivity contribution in [3.05, 3.63) is 71.8 Å². The van der Waals surface area contributed by atoms with Crippen molar-refractivity contribution in [1.82, 2.24) is 0 Å². The molecule has 0 saturated carbocycles. The van der Waals surface area contributed by atoms with Gasteiger partial charge in [-0.05, 0) is 36.8 Å². The van der Waals surface area contributed by atoms with Gasteiger partial charge in [-0.25, -0.2) is 0 Å². The summed E-state index contributed by atoms with van der Waals surface area (Å²) >= 11 is 7.50. The summed E-state index contributed by atoms with van der Waals surface area (Å²) in [6.07, 6.45) is 4.19. The Morgan fingerprint density at radius 2 is 1.04 bits per heavy atom. The molecule has 0 spiro atoms. The number of alkyl halides is 2. The van der Waals surface area contributed by atoms with Gasteiger partial charge in [-0.15, -0.1) is 0 Å². The molecule has 0 saturated heterocycles. The summed E-state index contributed by atoms with van der Waals surface area (Å²) < 4.78 is 5.79. The molecule has 0 aliphatic heterocycles. The third-order valence-corrected chi connectivity index (χ3v) is 5.31. The monoisotopic (exact) mass is 438 g/mol. The Kier molecular flexibility index (Phi) is 8.95. The second-order valence-electron chi connectivity index (χ2n) is 5.76. The van der Waals surface area contributed by atoms with E-state index in [1.165, 1.54) is 11.1 Å². The molecular formula is C20H24Br2O. The van der Waals surface area contributed by atoms with Crippen molar-refractivity contribution in [2.24, 2.45) is 0 Å². The summed E-state index contributed by atoms with van der Waals surface area (Å²) in [6.45, 7) is 1.63. The highest BCUT2D eigenvalue weighted by Gasteiger charge is 2.07. The highest BCUT2D eigenvalue weighted by Crippen LogP contribution is 2.15. The first-order chi connectivity index (χ1) is 11.2. The van der Waals surface area contributed by atoms with Crippen molar-refractivity contribution in [1.29, 1.82) is 0 Å². The summed E-state index contributed by atoms with van der Waals surface area (Å²) in [5.41, 5.74) is 2.75. The number of rotatable bonds is 10. The van der Waals surface area contributed by atoms with E-state index in [-0.39, 0.29) is 0 Å². The Bertz CT molecular complexity index is 480. The van der Waals surface area contributed by atoms with E-state index in [1.54, 1.807) is 0 Å². The van der Waals surface area contributed by atoms with Crippen LogP contribution in [0.15, 0.2) is 60.7 Å². The molecule has 0 radical (unpaired) electrons. The molecular weight excluding hydrogens is 416 g/mol. The fourth-order valence-corrected chi connectivity index (χ4v) is 3.59. The smallest absolute Gasteiger partial charge is 0.0476 e. The molecule has 1 nitrogen and oxygen atoms in total. The van der Waals surface area contributed by atoms with Crippen LogP contribution in [-0.2, 0) is 17.6 Å². The first-order valence-corrected chi connectivity index (χ1v) is 10.0. The minimum atomic E-state index is 0.481. The van der Waals surface area contributed by atoms with Crippen LogP contribution in [0.4, 0.5) is 0 Å². The molecule has 2 atom stereocenters. The van der Waals surface area contributed by atoms with Gasteiger partial charge in [0.05, 0.1) is 0 Å². The Hall–Kier alpha value is -0.640. The Morgan fingerprint density at radius 3 is 1.43 bits per heavy atom. The molecule has 0 amide bonds. The van der Waals surface area contributed by atoms with Crippen molar-refractivity contribution in [2.75, 3.05) is 13.2 Å². The molecule has 124 valence electrons. The van der Waals surface area contributed by atoms with Crippen LogP contribution in [0.3, 0.4) is 0 Å². The van der Waals surface area contributed by atoms with E-state index in [1.807, 2.05) is 0 Å². The van der Waals surface area contributed by atoms with E-state index in [0.717, 1.165) is 38.9 Å². The zero-order valence-electron chi connectivity index (χ0n) is 13.3. The quantitative estimate of drug-likeness (QED) is 0.336. The van der Waals surface area contributed by atoms with E-state index in [0.29, 0.717) is 9.65 Å². The maximum absolute atomic E-state index is 5.79. The maximum atomic E-state index is 5.79. The normalized spacial score (nSPS) is 13.7. The maximum Gasteiger partial charge on any atom is 0.0476 e. The average molecular weight is 440 g/mol. The van der Waals surface area contributed by atoms with Crippen LogP contribution >= 0.6 is 31.9 Å². The van der Waals surface area contributed by atoms with E-state index < -0.39 is 0 Å². The van der Waals surface area contributed by atoms with Crippen LogP contribution in [0, 0.1) is 0 Å². The van der Waals surface area contributed by atoms with Crippen LogP contribution in [0.5, 0.6) is 0 Å². The number of benzene rings is 2. The van der Waals surface area contributed by atoms with Crippen molar-refractivity contribution >= 4 is 31.9 Å². The SMILES string of the molecule is BrC(CCOCCC(Br)Cc1ccccc1)Cc1ccccc1. The summed E-state index contributed by atoms with van der Waals surface area (Å²) in [5, 5.41) is 0. The van der Waals surface area contributed by atoms with E-state index in [4.69, 9.17) is 4.74 Å². The fourth-order valence-electron chi connectivity index (χ4n) is 2.47. The number of ether oxygens (including phenoxy) is 1. The highest BCUT2D eigenvalue weighted by molar-refractivity contribution is 9.09. The summed E-state index contributed by atoms with van der Waals surface area (Å²) in [5.74, 6) is 0. The van der Waals surface area contributed by atoms with E-state index >= 15 is 0 Å². The van der Waals surface area contributed by atoms with Gasteiger partial charge in [0.1, 0.15) is 0 Å². The van der Waals surface area contributed by atoms with Crippen molar-refractivity contribution in [2.45, 2.75) is 35.3 Å². The van der Waals surface area contributed by atoms with Gasteiger partial charge >= 0.3 is 0 Å². The Morgan fingerprint density at radius 1 is 0.652 bits per heavy atom. The fraction of sp³-hybridized carbons (Fsp3) is 0.400. The largest absolute Gasteiger partial charge is 0.381 e. The molecule has 0 aliphatic rings. The molecule has 0 heterocycles. The second kappa shape index (κ2) is 11.0.